The first-order chi connectivity index (χ1) is 11.8. The molecule has 2 rings (SSSR count). The lowest BCUT2D eigenvalue weighted by molar-refractivity contribution is 0.415. The Bertz CT molecular complexity index is 588. The molecule has 0 aliphatic carbocycles. The molecule has 0 aromatic heterocycles. The van der Waals surface area contributed by atoms with E-state index in [-0.39, 0.29) is 0 Å². The van der Waals surface area contributed by atoms with Crippen molar-refractivity contribution < 1.29 is 4.74 Å². The van der Waals surface area contributed by atoms with Crippen LogP contribution in [0.5, 0.6) is 5.75 Å². The smallest absolute Gasteiger partial charge is 0.119 e. The lowest BCUT2D eigenvalue weighted by Crippen LogP contribution is -1.88. The fraction of sp³-hybridized carbons (Fsp3) is 0.565. The number of ether oxygens (including phenoxy) is 1. The molecule has 0 aliphatic rings. The summed E-state index contributed by atoms with van der Waals surface area (Å²) in [4.78, 5) is 0. The van der Waals surface area contributed by atoms with Gasteiger partial charge in [0.25, 0.3) is 0 Å². The molecule has 0 amide bonds. The molecule has 0 atom stereocenters. The minimum absolute atomic E-state index is 0.935. The van der Waals surface area contributed by atoms with E-state index in [1.165, 1.54) is 87.0 Å². The SMILES string of the molecule is CCCCCCCCCCCCc1ccc2cc(OC)ccc2c1. The molecule has 0 spiro atoms. The zero-order valence-electron chi connectivity index (χ0n) is 15.7. The van der Waals surface area contributed by atoms with Crippen LogP contribution >= 0.6 is 0 Å². The Labute approximate surface area is 148 Å². The Kier molecular flexibility index (Phi) is 8.73. The van der Waals surface area contributed by atoms with Gasteiger partial charge in [0.1, 0.15) is 5.75 Å². The zero-order chi connectivity index (χ0) is 17.0. The van der Waals surface area contributed by atoms with Gasteiger partial charge in [0.15, 0.2) is 0 Å². The average molecular weight is 327 g/mol. The van der Waals surface area contributed by atoms with Gasteiger partial charge in [-0.3, -0.25) is 0 Å². The highest BCUT2D eigenvalue weighted by Gasteiger charge is 2.00. The van der Waals surface area contributed by atoms with E-state index in [9.17, 15) is 0 Å². The number of aryl methyl sites for hydroxylation is 1. The third-order valence-corrected chi connectivity index (χ3v) is 4.93. The van der Waals surface area contributed by atoms with Gasteiger partial charge < -0.3 is 4.74 Å². The number of rotatable bonds is 12. The van der Waals surface area contributed by atoms with Crippen molar-refractivity contribution in [1.29, 1.82) is 0 Å². The predicted molar refractivity (Wildman–Crippen MR) is 106 cm³/mol. The third kappa shape index (κ3) is 6.55. The molecule has 0 fully saturated rings. The fourth-order valence-corrected chi connectivity index (χ4v) is 3.37. The largest absolute Gasteiger partial charge is 0.497 e. The fourth-order valence-electron chi connectivity index (χ4n) is 3.37. The number of methoxy groups -OCH3 is 1. The Morgan fingerprint density at radius 2 is 1.25 bits per heavy atom. The maximum atomic E-state index is 5.29. The second-order valence-corrected chi connectivity index (χ2v) is 6.98. The van der Waals surface area contributed by atoms with Crippen molar-refractivity contribution >= 4 is 10.8 Å². The monoisotopic (exact) mass is 326 g/mol. The molecule has 0 bridgehead atoms. The first-order valence-electron chi connectivity index (χ1n) is 9.90. The molecular formula is C23H34O. The molecule has 1 nitrogen and oxygen atoms in total. The standard InChI is InChI=1S/C23H34O/c1-3-4-5-6-7-8-9-10-11-12-13-20-14-15-22-19-23(24-2)17-16-21(22)18-20/h14-19H,3-13H2,1-2H3. The maximum absolute atomic E-state index is 5.29. The summed E-state index contributed by atoms with van der Waals surface area (Å²) in [6.07, 6.45) is 15.2. The van der Waals surface area contributed by atoms with Crippen molar-refractivity contribution in [3.8, 4) is 5.75 Å². The molecule has 0 saturated carbocycles. The molecule has 0 radical (unpaired) electrons. The topological polar surface area (TPSA) is 9.23 Å². The molecular weight excluding hydrogens is 292 g/mol. The zero-order valence-corrected chi connectivity index (χ0v) is 15.7. The maximum Gasteiger partial charge on any atom is 0.119 e. The van der Waals surface area contributed by atoms with Crippen molar-refractivity contribution in [1.82, 2.24) is 0 Å². The van der Waals surface area contributed by atoms with Gasteiger partial charge in [-0.1, -0.05) is 89.0 Å². The van der Waals surface area contributed by atoms with E-state index in [1.807, 2.05) is 6.07 Å². The number of hydrogen-bond acceptors (Lipinski definition) is 1. The second kappa shape index (κ2) is 11.1. The van der Waals surface area contributed by atoms with Crippen LogP contribution < -0.4 is 4.74 Å². The van der Waals surface area contributed by atoms with Gasteiger partial charge in [-0.25, -0.2) is 0 Å². The van der Waals surface area contributed by atoms with Crippen molar-refractivity contribution in [2.45, 2.75) is 77.6 Å². The second-order valence-electron chi connectivity index (χ2n) is 6.98. The van der Waals surface area contributed by atoms with Crippen LogP contribution in [0.4, 0.5) is 0 Å². The number of fused-ring (bicyclic) bond motifs is 1. The van der Waals surface area contributed by atoms with Gasteiger partial charge in [0.2, 0.25) is 0 Å². The van der Waals surface area contributed by atoms with E-state index in [4.69, 9.17) is 4.74 Å². The van der Waals surface area contributed by atoms with Gasteiger partial charge >= 0.3 is 0 Å². The highest BCUT2D eigenvalue weighted by Crippen LogP contribution is 2.22. The van der Waals surface area contributed by atoms with Gasteiger partial charge in [-0.2, -0.15) is 0 Å². The van der Waals surface area contributed by atoms with Gasteiger partial charge in [-0.15, -0.1) is 0 Å². The normalized spacial score (nSPS) is 11.1. The first kappa shape index (κ1) is 18.8. The van der Waals surface area contributed by atoms with Gasteiger partial charge in [0.05, 0.1) is 7.11 Å². The summed E-state index contributed by atoms with van der Waals surface area (Å²) in [7, 11) is 1.72. The van der Waals surface area contributed by atoms with Crippen LogP contribution in [0.25, 0.3) is 10.8 Å². The summed E-state index contributed by atoms with van der Waals surface area (Å²) in [5.74, 6) is 0.935. The summed E-state index contributed by atoms with van der Waals surface area (Å²) in [6.45, 7) is 2.28. The van der Waals surface area contributed by atoms with Crippen LogP contribution in [-0.2, 0) is 6.42 Å². The molecule has 0 heterocycles. The highest BCUT2D eigenvalue weighted by atomic mass is 16.5. The highest BCUT2D eigenvalue weighted by molar-refractivity contribution is 5.84. The van der Waals surface area contributed by atoms with E-state index >= 15 is 0 Å². The van der Waals surface area contributed by atoms with Crippen LogP contribution in [0.2, 0.25) is 0 Å². The Balaban J connectivity index is 1.61. The van der Waals surface area contributed by atoms with E-state index in [1.54, 1.807) is 7.11 Å². The van der Waals surface area contributed by atoms with E-state index in [2.05, 4.69) is 37.3 Å². The van der Waals surface area contributed by atoms with Crippen LogP contribution in [0.15, 0.2) is 36.4 Å². The molecule has 2 aromatic rings. The Morgan fingerprint density at radius 3 is 1.92 bits per heavy atom. The number of benzene rings is 2. The number of unbranched alkanes of at least 4 members (excludes halogenated alkanes) is 9. The summed E-state index contributed by atoms with van der Waals surface area (Å²) in [6, 6.07) is 13.2. The first-order valence-corrected chi connectivity index (χ1v) is 9.90. The minimum atomic E-state index is 0.935. The van der Waals surface area contributed by atoms with Crippen LogP contribution in [0, 0.1) is 0 Å². The van der Waals surface area contributed by atoms with Crippen LogP contribution in [0.3, 0.4) is 0 Å². The van der Waals surface area contributed by atoms with Crippen molar-refractivity contribution in [2.75, 3.05) is 7.11 Å². The van der Waals surface area contributed by atoms with Crippen LogP contribution in [-0.4, -0.2) is 7.11 Å². The molecule has 0 saturated heterocycles. The van der Waals surface area contributed by atoms with Crippen molar-refractivity contribution in [3.05, 3.63) is 42.0 Å². The minimum Gasteiger partial charge on any atom is -0.497 e. The average Bonchev–Trinajstić information content (AvgIpc) is 2.62. The molecule has 132 valence electrons. The molecule has 1 heteroatoms. The Hall–Kier alpha value is -1.50. The Morgan fingerprint density at radius 1 is 0.667 bits per heavy atom. The van der Waals surface area contributed by atoms with E-state index in [0.29, 0.717) is 0 Å². The summed E-state index contributed by atoms with van der Waals surface area (Å²) in [5.41, 5.74) is 1.47. The quantitative estimate of drug-likeness (QED) is 0.371. The third-order valence-electron chi connectivity index (χ3n) is 4.93. The van der Waals surface area contributed by atoms with Crippen molar-refractivity contribution in [2.24, 2.45) is 0 Å². The van der Waals surface area contributed by atoms with Gasteiger partial charge in [-0.05, 0) is 41.3 Å². The summed E-state index contributed by atoms with van der Waals surface area (Å²) < 4.78 is 5.29. The summed E-state index contributed by atoms with van der Waals surface area (Å²) >= 11 is 0. The van der Waals surface area contributed by atoms with Crippen molar-refractivity contribution in [3.63, 3.8) is 0 Å². The van der Waals surface area contributed by atoms with E-state index in [0.717, 1.165) is 5.75 Å². The number of hydrogen-bond donors (Lipinski definition) is 0. The molecule has 0 aliphatic heterocycles. The molecule has 0 N–H and O–H groups in total. The molecule has 0 unspecified atom stereocenters. The lowest BCUT2D eigenvalue weighted by atomic mass is 10.0. The lowest BCUT2D eigenvalue weighted by Gasteiger charge is -2.06. The van der Waals surface area contributed by atoms with Crippen LogP contribution in [0.1, 0.15) is 76.7 Å². The van der Waals surface area contributed by atoms with Gasteiger partial charge in [0, 0.05) is 0 Å². The summed E-state index contributed by atoms with van der Waals surface area (Å²) in [5, 5.41) is 2.58. The molecule has 24 heavy (non-hydrogen) atoms. The molecule has 2 aromatic carbocycles. The van der Waals surface area contributed by atoms with E-state index < -0.39 is 0 Å². The predicted octanol–water partition coefficient (Wildman–Crippen LogP) is 7.31.